The van der Waals surface area contributed by atoms with E-state index in [2.05, 4.69) is 21.6 Å². The molecule has 0 unspecified atom stereocenters. The van der Waals surface area contributed by atoms with Crippen molar-refractivity contribution < 1.29 is 23.0 Å². The molecule has 2 aromatic carbocycles. The summed E-state index contributed by atoms with van der Waals surface area (Å²) < 4.78 is 34.3. The third kappa shape index (κ3) is 5.19. The summed E-state index contributed by atoms with van der Waals surface area (Å²) in [5.74, 6) is 6.59. The molecule has 154 valence electrons. The number of thioether (sulfide) groups is 1. The SMILES string of the molecule is CC#CCSC1=NC(=Cc2ccc(OC)cc2)C(=O)N1c1ccc(OC(F)F)cc1. The van der Waals surface area contributed by atoms with Crippen LogP contribution in [0.2, 0.25) is 0 Å². The Morgan fingerprint density at radius 2 is 1.80 bits per heavy atom. The predicted molar refractivity (Wildman–Crippen MR) is 115 cm³/mol. The standard InChI is InChI=1S/C22H18F2N2O3S/c1-3-4-13-30-22-25-19(14-15-5-9-17(28-2)10-6-15)20(27)26(22)16-7-11-18(12-8-16)29-21(23)24/h5-12,14,21H,13H2,1-2H3. The predicted octanol–water partition coefficient (Wildman–Crippen LogP) is 4.80. The van der Waals surface area contributed by atoms with E-state index in [-0.39, 0.29) is 17.4 Å². The lowest BCUT2D eigenvalue weighted by atomic mass is 10.2. The normalized spacial score (nSPS) is 14.6. The van der Waals surface area contributed by atoms with Gasteiger partial charge in [-0.05, 0) is 55.0 Å². The van der Waals surface area contributed by atoms with Crippen LogP contribution in [0.3, 0.4) is 0 Å². The summed E-state index contributed by atoms with van der Waals surface area (Å²) in [4.78, 5) is 19.0. The van der Waals surface area contributed by atoms with Crippen LogP contribution in [0.25, 0.3) is 6.08 Å². The fourth-order valence-electron chi connectivity index (χ4n) is 2.63. The number of alkyl halides is 2. The second-order valence-electron chi connectivity index (χ2n) is 5.93. The molecule has 0 radical (unpaired) electrons. The van der Waals surface area contributed by atoms with E-state index in [1.807, 2.05) is 12.1 Å². The number of carbonyl (C=O) groups is 1. The second kappa shape index (κ2) is 9.94. The van der Waals surface area contributed by atoms with Gasteiger partial charge in [0.05, 0.1) is 18.6 Å². The molecule has 0 saturated carbocycles. The van der Waals surface area contributed by atoms with E-state index in [4.69, 9.17) is 4.74 Å². The molecule has 2 aromatic rings. The minimum Gasteiger partial charge on any atom is -0.497 e. The molecule has 1 aliphatic rings. The number of aliphatic imine (C=N–C) groups is 1. The molecule has 1 heterocycles. The van der Waals surface area contributed by atoms with Crippen LogP contribution in [0.5, 0.6) is 11.5 Å². The van der Waals surface area contributed by atoms with Gasteiger partial charge in [-0.1, -0.05) is 29.8 Å². The molecule has 1 amide bonds. The molecule has 1 aliphatic heterocycles. The van der Waals surface area contributed by atoms with Gasteiger partial charge in [-0.15, -0.1) is 5.92 Å². The van der Waals surface area contributed by atoms with Crippen molar-refractivity contribution in [2.75, 3.05) is 17.8 Å². The smallest absolute Gasteiger partial charge is 0.387 e. The van der Waals surface area contributed by atoms with Gasteiger partial charge in [-0.3, -0.25) is 9.69 Å². The van der Waals surface area contributed by atoms with Crippen LogP contribution < -0.4 is 14.4 Å². The van der Waals surface area contributed by atoms with E-state index >= 15 is 0 Å². The number of hydrogen-bond acceptors (Lipinski definition) is 5. The molecular weight excluding hydrogens is 410 g/mol. The average molecular weight is 428 g/mol. The van der Waals surface area contributed by atoms with Crippen molar-refractivity contribution in [3.05, 3.63) is 59.8 Å². The highest BCUT2D eigenvalue weighted by atomic mass is 32.2. The van der Waals surface area contributed by atoms with Crippen molar-refractivity contribution >= 4 is 34.6 Å². The molecule has 8 heteroatoms. The van der Waals surface area contributed by atoms with Crippen molar-refractivity contribution in [2.24, 2.45) is 4.99 Å². The Morgan fingerprint density at radius 3 is 2.40 bits per heavy atom. The van der Waals surface area contributed by atoms with Crippen LogP contribution in [-0.2, 0) is 4.79 Å². The maximum absolute atomic E-state index is 13.1. The van der Waals surface area contributed by atoms with Crippen LogP contribution in [0, 0.1) is 11.8 Å². The van der Waals surface area contributed by atoms with E-state index in [9.17, 15) is 13.6 Å². The largest absolute Gasteiger partial charge is 0.497 e. The van der Waals surface area contributed by atoms with Crippen LogP contribution in [-0.4, -0.2) is 30.5 Å². The number of rotatable bonds is 6. The summed E-state index contributed by atoms with van der Waals surface area (Å²) in [7, 11) is 1.58. The fraction of sp³-hybridized carbons (Fsp3) is 0.182. The van der Waals surface area contributed by atoms with Crippen LogP contribution in [0.4, 0.5) is 14.5 Å². The number of nitrogens with zero attached hydrogens (tertiary/aromatic N) is 2. The highest BCUT2D eigenvalue weighted by molar-refractivity contribution is 8.14. The fourth-order valence-corrected chi connectivity index (χ4v) is 3.45. The van der Waals surface area contributed by atoms with Gasteiger partial charge >= 0.3 is 6.61 Å². The summed E-state index contributed by atoms with van der Waals surface area (Å²) >= 11 is 1.32. The minimum atomic E-state index is -2.91. The number of hydrogen-bond donors (Lipinski definition) is 0. The van der Waals surface area contributed by atoms with E-state index < -0.39 is 6.61 Å². The van der Waals surface area contributed by atoms with Gasteiger partial charge in [0.1, 0.15) is 17.2 Å². The Labute approximate surface area is 177 Å². The number of anilines is 1. The Hall–Kier alpha value is -3.31. The lowest BCUT2D eigenvalue weighted by Gasteiger charge is -2.17. The molecule has 0 aliphatic carbocycles. The average Bonchev–Trinajstić information content (AvgIpc) is 3.04. The molecule has 0 fully saturated rings. The molecular formula is C22H18F2N2O3S. The lowest BCUT2D eigenvalue weighted by Crippen LogP contribution is -2.30. The maximum Gasteiger partial charge on any atom is 0.387 e. The molecule has 0 aromatic heterocycles. The van der Waals surface area contributed by atoms with Gasteiger partial charge in [-0.2, -0.15) is 8.78 Å². The maximum atomic E-state index is 13.1. The Kier molecular flexibility index (Phi) is 7.09. The number of amides is 1. The van der Waals surface area contributed by atoms with Crippen molar-refractivity contribution in [1.29, 1.82) is 0 Å². The van der Waals surface area contributed by atoms with Crippen LogP contribution >= 0.6 is 11.8 Å². The molecule has 0 N–H and O–H groups in total. The topological polar surface area (TPSA) is 51.1 Å². The summed E-state index contributed by atoms with van der Waals surface area (Å²) in [6.45, 7) is -1.18. The van der Waals surface area contributed by atoms with Gasteiger partial charge in [-0.25, -0.2) is 4.99 Å². The molecule has 0 saturated heterocycles. The summed E-state index contributed by atoms with van der Waals surface area (Å²) in [5.41, 5.74) is 1.55. The molecule has 5 nitrogen and oxygen atoms in total. The molecule has 3 rings (SSSR count). The molecule has 0 bridgehead atoms. The van der Waals surface area contributed by atoms with Gasteiger partial charge in [0.15, 0.2) is 5.17 Å². The zero-order valence-corrected chi connectivity index (χ0v) is 17.1. The number of halogens is 2. The first-order valence-electron chi connectivity index (χ1n) is 8.88. The van der Waals surface area contributed by atoms with Crippen molar-refractivity contribution in [3.63, 3.8) is 0 Å². The second-order valence-corrected chi connectivity index (χ2v) is 6.87. The van der Waals surface area contributed by atoms with Gasteiger partial charge < -0.3 is 9.47 Å². The van der Waals surface area contributed by atoms with Gasteiger partial charge in [0.25, 0.3) is 5.91 Å². The number of amidine groups is 1. The quantitative estimate of drug-likeness (QED) is 0.490. The zero-order valence-electron chi connectivity index (χ0n) is 16.3. The lowest BCUT2D eigenvalue weighted by molar-refractivity contribution is -0.113. The Morgan fingerprint density at radius 1 is 1.13 bits per heavy atom. The van der Waals surface area contributed by atoms with Gasteiger partial charge in [0, 0.05) is 0 Å². The first-order chi connectivity index (χ1) is 14.5. The van der Waals surface area contributed by atoms with Crippen molar-refractivity contribution in [1.82, 2.24) is 0 Å². The highest BCUT2D eigenvalue weighted by Crippen LogP contribution is 2.31. The summed E-state index contributed by atoms with van der Waals surface area (Å²) in [6, 6.07) is 13.1. The first kappa shape index (κ1) is 21.4. The van der Waals surface area contributed by atoms with Crippen molar-refractivity contribution in [3.8, 4) is 23.3 Å². The third-order valence-electron chi connectivity index (χ3n) is 4.02. The first-order valence-corrected chi connectivity index (χ1v) is 9.86. The van der Waals surface area contributed by atoms with E-state index in [1.165, 1.54) is 40.9 Å². The summed E-state index contributed by atoms with van der Waals surface area (Å²) in [5, 5.41) is 0.463. The van der Waals surface area contributed by atoms with Crippen molar-refractivity contribution in [2.45, 2.75) is 13.5 Å². The van der Waals surface area contributed by atoms with Crippen LogP contribution in [0.15, 0.2) is 59.2 Å². The number of ether oxygens (including phenoxy) is 2. The number of methoxy groups -OCH3 is 1. The highest BCUT2D eigenvalue weighted by Gasteiger charge is 2.31. The van der Waals surface area contributed by atoms with Crippen LogP contribution in [0.1, 0.15) is 12.5 Å². The Balaban J connectivity index is 1.90. The number of benzene rings is 2. The van der Waals surface area contributed by atoms with E-state index in [0.29, 0.717) is 22.4 Å². The van der Waals surface area contributed by atoms with E-state index in [0.717, 1.165) is 5.56 Å². The Bertz CT molecular complexity index is 1020. The van der Waals surface area contributed by atoms with E-state index in [1.54, 1.807) is 32.2 Å². The molecule has 30 heavy (non-hydrogen) atoms. The molecule has 0 atom stereocenters. The minimum absolute atomic E-state index is 0.0115. The molecule has 0 spiro atoms. The third-order valence-corrected chi connectivity index (χ3v) is 4.84. The zero-order chi connectivity index (χ0) is 21.5. The monoisotopic (exact) mass is 428 g/mol. The summed E-state index contributed by atoms with van der Waals surface area (Å²) in [6.07, 6.45) is 1.68. The van der Waals surface area contributed by atoms with Gasteiger partial charge in [0.2, 0.25) is 0 Å². The number of carbonyl (C=O) groups excluding carboxylic acids is 1.